The fourth-order valence-corrected chi connectivity index (χ4v) is 0.952. The molecule has 0 aromatic heterocycles. The minimum absolute atomic E-state index is 0.0578. The third-order valence-corrected chi connectivity index (χ3v) is 1.60. The number of nitriles is 1. The number of benzene rings is 1. The molecule has 0 aliphatic rings. The van der Waals surface area contributed by atoms with E-state index in [1.807, 2.05) is 6.07 Å². The molecule has 0 fully saturated rings. The van der Waals surface area contributed by atoms with Crippen LogP contribution in [-0.4, -0.2) is 11.1 Å². The molecule has 74 valence electrons. The van der Waals surface area contributed by atoms with Crippen molar-refractivity contribution < 1.29 is 14.3 Å². The van der Waals surface area contributed by atoms with Gasteiger partial charge in [0.1, 0.15) is 5.82 Å². The molecule has 0 heterocycles. The van der Waals surface area contributed by atoms with Gasteiger partial charge in [-0.3, -0.25) is 0 Å². The number of hydrogen-bond acceptors (Lipinski definition) is 2. The average molecular weight is 203 g/mol. The van der Waals surface area contributed by atoms with Crippen molar-refractivity contribution in [2.75, 3.05) is 0 Å². The smallest absolute Gasteiger partial charge is 0.338 e. The number of rotatable bonds is 1. The molecule has 1 rings (SSSR count). The average Bonchev–Trinajstić information content (AvgIpc) is 2.17. The Hall–Kier alpha value is -2.33. The monoisotopic (exact) mass is 203 g/mol. The molecule has 1 aromatic rings. The molecule has 0 amide bonds. The molecule has 1 aromatic carbocycles. The summed E-state index contributed by atoms with van der Waals surface area (Å²) >= 11 is 0. The molecule has 15 heavy (non-hydrogen) atoms. The van der Waals surface area contributed by atoms with E-state index in [0.29, 0.717) is 5.56 Å². The van der Waals surface area contributed by atoms with Gasteiger partial charge in [-0.25, -0.2) is 9.18 Å². The van der Waals surface area contributed by atoms with E-state index in [-0.39, 0.29) is 12.0 Å². The number of carboxylic acids is 1. The molecule has 0 atom stereocenters. The van der Waals surface area contributed by atoms with Crippen molar-refractivity contribution in [3.05, 3.63) is 35.1 Å². The summed E-state index contributed by atoms with van der Waals surface area (Å²) in [6.45, 7) is 0. The van der Waals surface area contributed by atoms with Gasteiger partial charge in [0.05, 0.1) is 18.1 Å². The second-order valence-electron chi connectivity index (χ2n) is 2.64. The number of nitrogens with zero attached hydrogens (tertiary/aromatic N) is 1. The van der Waals surface area contributed by atoms with E-state index in [0.717, 1.165) is 12.1 Å². The van der Waals surface area contributed by atoms with Crippen LogP contribution in [0, 0.1) is 29.0 Å². The first-order valence-electron chi connectivity index (χ1n) is 4.04. The number of aromatic carboxylic acids is 1. The van der Waals surface area contributed by atoms with Crippen LogP contribution in [0.3, 0.4) is 0 Å². The Bertz CT molecular complexity index is 492. The van der Waals surface area contributed by atoms with Crippen molar-refractivity contribution in [2.24, 2.45) is 0 Å². The van der Waals surface area contributed by atoms with E-state index in [9.17, 15) is 9.18 Å². The maximum absolute atomic E-state index is 13.1. The summed E-state index contributed by atoms with van der Waals surface area (Å²) in [4.78, 5) is 10.5. The molecule has 3 nitrogen and oxygen atoms in total. The topological polar surface area (TPSA) is 61.1 Å². The number of hydrogen-bond donors (Lipinski definition) is 1. The Kier molecular flexibility index (Phi) is 3.43. The molecule has 0 aliphatic heterocycles. The summed E-state index contributed by atoms with van der Waals surface area (Å²) in [7, 11) is 0. The fraction of sp³-hybridized carbons (Fsp3) is 0.0909. The molecule has 0 saturated carbocycles. The van der Waals surface area contributed by atoms with E-state index in [1.165, 1.54) is 6.07 Å². The maximum Gasteiger partial charge on any atom is 0.338 e. The Labute approximate surface area is 85.8 Å². The zero-order valence-electron chi connectivity index (χ0n) is 7.62. The highest BCUT2D eigenvalue weighted by atomic mass is 19.1. The first-order valence-corrected chi connectivity index (χ1v) is 4.04. The highest BCUT2D eigenvalue weighted by Crippen LogP contribution is 2.09. The van der Waals surface area contributed by atoms with Gasteiger partial charge in [-0.2, -0.15) is 5.26 Å². The third-order valence-electron chi connectivity index (χ3n) is 1.60. The first-order chi connectivity index (χ1) is 7.15. The van der Waals surface area contributed by atoms with Crippen LogP contribution < -0.4 is 0 Å². The predicted molar refractivity (Wildman–Crippen MR) is 50.5 cm³/mol. The zero-order valence-corrected chi connectivity index (χ0v) is 7.62. The van der Waals surface area contributed by atoms with Crippen molar-refractivity contribution in [3.8, 4) is 17.9 Å². The van der Waals surface area contributed by atoms with E-state index < -0.39 is 11.8 Å². The van der Waals surface area contributed by atoms with Crippen LogP contribution in [-0.2, 0) is 0 Å². The minimum atomic E-state index is -1.32. The molecular formula is C11H6FNO2. The molecule has 0 aliphatic carbocycles. The van der Waals surface area contributed by atoms with E-state index in [4.69, 9.17) is 10.4 Å². The van der Waals surface area contributed by atoms with Gasteiger partial charge in [0.15, 0.2) is 0 Å². The van der Waals surface area contributed by atoms with Crippen LogP contribution in [0.15, 0.2) is 18.2 Å². The molecule has 0 unspecified atom stereocenters. The van der Waals surface area contributed by atoms with Crippen molar-refractivity contribution >= 4 is 5.97 Å². The summed E-state index contributed by atoms with van der Waals surface area (Å²) in [6, 6.07) is 5.40. The molecule has 4 heteroatoms. The van der Waals surface area contributed by atoms with Crippen molar-refractivity contribution in [3.63, 3.8) is 0 Å². The second kappa shape index (κ2) is 4.78. The Morgan fingerprint density at radius 3 is 2.80 bits per heavy atom. The largest absolute Gasteiger partial charge is 0.478 e. The maximum atomic E-state index is 13.1. The summed E-state index contributed by atoms with van der Waals surface area (Å²) in [5.41, 5.74) is -0.0337. The number of carboxylic acid groups (broad SMARTS) is 1. The van der Waals surface area contributed by atoms with Crippen LogP contribution in [0.2, 0.25) is 0 Å². The summed E-state index contributed by atoms with van der Waals surface area (Å²) in [5, 5.41) is 16.8. The predicted octanol–water partition coefficient (Wildman–Crippen LogP) is 1.79. The summed E-state index contributed by atoms with van der Waals surface area (Å²) < 4.78 is 13.1. The van der Waals surface area contributed by atoms with Gasteiger partial charge in [0.25, 0.3) is 0 Å². The highest BCUT2D eigenvalue weighted by Gasteiger charge is 2.09. The molecule has 0 bridgehead atoms. The van der Waals surface area contributed by atoms with Crippen LogP contribution in [0.4, 0.5) is 4.39 Å². The molecule has 0 radical (unpaired) electrons. The third kappa shape index (κ3) is 2.82. The van der Waals surface area contributed by atoms with Gasteiger partial charge < -0.3 is 5.11 Å². The summed E-state index contributed by atoms with van der Waals surface area (Å²) in [6.07, 6.45) is 0.0578. The normalized spacial score (nSPS) is 8.53. The first kappa shape index (κ1) is 10.7. The van der Waals surface area contributed by atoms with Gasteiger partial charge >= 0.3 is 5.97 Å². The lowest BCUT2D eigenvalue weighted by molar-refractivity contribution is 0.0692. The van der Waals surface area contributed by atoms with Crippen LogP contribution in [0.25, 0.3) is 0 Å². The van der Waals surface area contributed by atoms with Gasteiger partial charge in [0.2, 0.25) is 0 Å². The highest BCUT2D eigenvalue weighted by molar-refractivity contribution is 5.88. The lowest BCUT2D eigenvalue weighted by Crippen LogP contribution is -2.00. The Morgan fingerprint density at radius 2 is 2.27 bits per heavy atom. The van der Waals surface area contributed by atoms with Crippen molar-refractivity contribution in [2.45, 2.75) is 6.42 Å². The van der Waals surface area contributed by atoms with Crippen LogP contribution >= 0.6 is 0 Å². The zero-order chi connectivity index (χ0) is 11.3. The second-order valence-corrected chi connectivity index (χ2v) is 2.64. The minimum Gasteiger partial charge on any atom is -0.478 e. The van der Waals surface area contributed by atoms with Gasteiger partial charge in [-0.15, -0.1) is 0 Å². The molecule has 0 spiro atoms. The fourth-order valence-electron chi connectivity index (χ4n) is 0.952. The van der Waals surface area contributed by atoms with E-state index >= 15 is 0 Å². The van der Waals surface area contributed by atoms with Crippen LogP contribution in [0.1, 0.15) is 22.3 Å². The lowest BCUT2D eigenvalue weighted by atomic mass is 10.1. The van der Waals surface area contributed by atoms with Gasteiger partial charge in [0, 0.05) is 5.56 Å². The van der Waals surface area contributed by atoms with Crippen molar-refractivity contribution in [1.82, 2.24) is 0 Å². The lowest BCUT2D eigenvalue weighted by Gasteiger charge is -1.96. The Balaban J connectivity index is 2.99. The van der Waals surface area contributed by atoms with Crippen LogP contribution in [0.5, 0.6) is 0 Å². The molecule has 1 N–H and O–H groups in total. The van der Waals surface area contributed by atoms with Gasteiger partial charge in [-0.1, -0.05) is 11.8 Å². The van der Waals surface area contributed by atoms with E-state index in [1.54, 1.807) is 0 Å². The van der Waals surface area contributed by atoms with E-state index in [2.05, 4.69) is 11.8 Å². The van der Waals surface area contributed by atoms with Crippen molar-refractivity contribution in [1.29, 1.82) is 5.26 Å². The Morgan fingerprint density at radius 1 is 1.53 bits per heavy atom. The quantitative estimate of drug-likeness (QED) is 0.708. The number of carbonyl (C=O) groups is 1. The molecule has 0 saturated heterocycles. The van der Waals surface area contributed by atoms with Gasteiger partial charge in [-0.05, 0) is 18.2 Å². The summed E-state index contributed by atoms with van der Waals surface area (Å²) in [5.74, 6) is 2.91. The number of halogens is 1. The molecular weight excluding hydrogens is 197 g/mol. The SMILES string of the molecule is N#CCC#Cc1ccc(C(=O)O)c(F)c1. The standard InChI is InChI=1S/C11H6FNO2/c12-10-7-8(3-1-2-6-13)4-5-9(10)11(14)15/h4-5,7H,2H2,(H,14,15).